The maximum Gasteiger partial charge on any atom is 0.261 e. The molecule has 1 aromatic carbocycles. The van der Waals surface area contributed by atoms with Gasteiger partial charge in [0.2, 0.25) is 5.91 Å². The summed E-state index contributed by atoms with van der Waals surface area (Å²) in [5, 5.41) is 0. The number of fused-ring (bicyclic) bond motifs is 1. The molecular weight excluding hydrogens is 218 g/mol. The van der Waals surface area contributed by atoms with Gasteiger partial charge in [-0.05, 0) is 12.1 Å². The first-order valence-corrected chi connectivity index (χ1v) is 5.30. The molecule has 1 aliphatic rings. The van der Waals surface area contributed by atoms with E-state index in [0.717, 1.165) is 0 Å². The Morgan fingerprint density at radius 1 is 1.47 bits per heavy atom. The molecule has 0 saturated heterocycles. The second-order valence-electron chi connectivity index (χ2n) is 3.76. The molecule has 17 heavy (non-hydrogen) atoms. The van der Waals surface area contributed by atoms with Gasteiger partial charge in [-0.15, -0.1) is 6.58 Å². The Bertz CT molecular complexity index is 493. The van der Waals surface area contributed by atoms with Crippen molar-refractivity contribution in [2.45, 2.75) is 6.42 Å². The lowest BCUT2D eigenvalue weighted by molar-refractivity contribution is -0.127. The normalized spacial score (nSPS) is 14.5. The van der Waals surface area contributed by atoms with Crippen LogP contribution >= 0.6 is 0 Å². The Kier molecular flexibility index (Phi) is 2.95. The Labute approximate surface area is 99.5 Å². The quantitative estimate of drug-likeness (QED) is 0.583. The summed E-state index contributed by atoms with van der Waals surface area (Å²) in [6.45, 7) is 3.79. The van der Waals surface area contributed by atoms with Crippen molar-refractivity contribution in [3.63, 3.8) is 0 Å². The number of carbonyl (C=O) groups excluding carboxylic acids is 2. The van der Waals surface area contributed by atoms with Crippen LogP contribution in [0.25, 0.3) is 0 Å². The zero-order valence-electron chi connectivity index (χ0n) is 9.60. The van der Waals surface area contributed by atoms with Crippen LogP contribution in [0, 0.1) is 0 Å². The standard InChI is InChI=1S/C13H13NO3/c1-3-7-14-12(15)8-10-9(13(14)16)5-4-6-11(10)17-2/h3-6H,1,7-8H2,2H3. The molecular formula is C13H13NO3. The van der Waals surface area contributed by atoms with E-state index in [0.29, 0.717) is 16.9 Å². The van der Waals surface area contributed by atoms with Crippen molar-refractivity contribution in [3.05, 3.63) is 42.0 Å². The first-order valence-electron chi connectivity index (χ1n) is 5.30. The van der Waals surface area contributed by atoms with E-state index in [9.17, 15) is 9.59 Å². The lowest BCUT2D eigenvalue weighted by atomic mass is 9.97. The van der Waals surface area contributed by atoms with Gasteiger partial charge in [0.05, 0.1) is 13.5 Å². The number of hydrogen-bond donors (Lipinski definition) is 0. The third-order valence-electron chi connectivity index (χ3n) is 2.77. The molecule has 0 aliphatic carbocycles. The van der Waals surface area contributed by atoms with Gasteiger partial charge in [0, 0.05) is 17.7 Å². The van der Waals surface area contributed by atoms with E-state index in [-0.39, 0.29) is 24.8 Å². The smallest absolute Gasteiger partial charge is 0.261 e. The average Bonchev–Trinajstić information content (AvgIpc) is 2.34. The largest absolute Gasteiger partial charge is 0.496 e. The number of ether oxygens (including phenoxy) is 1. The fraction of sp³-hybridized carbons (Fsp3) is 0.231. The highest BCUT2D eigenvalue weighted by Gasteiger charge is 2.31. The molecule has 0 N–H and O–H groups in total. The molecule has 0 unspecified atom stereocenters. The van der Waals surface area contributed by atoms with Gasteiger partial charge in [0.15, 0.2) is 0 Å². The van der Waals surface area contributed by atoms with Crippen molar-refractivity contribution in [1.29, 1.82) is 0 Å². The van der Waals surface area contributed by atoms with Crippen LogP contribution in [0.2, 0.25) is 0 Å². The van der Waals surface area contributed by atoms with Crippen LogP contribution in [0.5, 0.6) is 5.75 Å². The molecule has 2 amide bonds. The summed E-state index contributed by atoms with van der Waals surface area (Å²) in [6.07, 6.45) is 1.74. The van der Waals surface area contributed by atoms with Crippen LogP contribution in [0.15, 0.2) is 30.9 Å². The number of nitrogens with zero attached hydrogens (tertiary/aromatic N) is 1. The highest BCUT2D eigenvalue weighted by atomic mass is 16.5. The minimum atomic E-state index is -0.282. The third kappa shape index (κ3) is 1.82. The monoisotopic (exact) mass is 231 g/mol. The Hall–Kier alpha value is -2.10. The Morgan fingerprint density at radius 2 is 2.24 bits per heavy atom. The fourth-order valence-electron chi connectivity index (χ4n) is 1.96. The van der Waals surface area contributed by atoms with E-state index in [1.165, 1.54) is 12.0 Å². The fourth-order valence-corrected chi connectivity index (χ4v) is 1.96. The minimum absolute atomic E-state index is 0.193. The van der Waals surface area contributed by atoms with Crippen LogP contribution in [-0.4, -0.2) is 30.4 Å². The molecule has 0 radical (unpaired) electrons. The third-order valence-corrected chi connectivity index (χ3v) is 2.77. The second-order valence-corrected chi connectivity index (χ2v) is 3.76. The first kappa shape index (κ1) is 11.4. The summed E-state index contributed by atoms with van der Waals surface area (Å²) in [7, 11) is 1.53. The Morgan fingerprint density at radius 3 is 2.88 bits per heavy atom. The van der Waals surface area contributed by atoms with Crippen LogP contribution in [0.4, 0.5) is 0 Å². The van der Waals surface area contributed by atoms with Crippen molar-refractivity contribution < 1.29 is 14.3 Å². The maximum atomic E-state index is 12.1. The predicted octanol–water partition coefficient (Wildman–Crippen LogP) is 1.41. The van der Waals surface area contributed by atoms with Gasteiger partial charge in [0.25, 0.3) is 5.91 Å². The molecule has 2 rings (SSSR count). The molecule has 0 fully saturated rings. The van der Waals surface area contributed by atoms with Crippen molar-refractivity contribution in [2.75, 3.05) is 13.7 Å². The SMILES string of the molecule is C=CCN1C(=O)Cc2c(OC)cccc2C1=O. The molecule has 0 bridgehead atoms. The maximum absolute atomic E-state index is 12.1. The summed E-state index contributed by atoms with van der Waals surface area (Å²) in [5.41, 5.74) is 1.20. The molecule has 1 aliphatic heterocycles. The van der Waals surface area contributed by atoms with Gasteiger partial charge in [0.1, 0.15) is 5.75 Å². The van der Waals surface area contributed by atoms with E-state index in [1.54, 1.807) is 24.3 Å². The minimum Gasteiger partial charge on any atom is -0.496 e. The van der Waals surface area contributed by atoms with Gasteiger partial charge in [-0.3, -0.25) is 14.5 Å². The van der Waals surface area contributed by atoms with E-state index < -0.39 is 0 Å². The number of amides is 2. The molecule has 4 nitrogen and oxygen atoms in total. The van der Waals surface area contributed by atoms with E-state index in [2.05, 4.69) is 6.58 Å². The van der Waals surface area contributed by atoms with Crippen LogP contribution in [0.3, 0.4) is 0 Å². The molecule has 0 atom stereocenters. The van der Waals surface area contributed by atoms with Crippen LogP contribution in [-0.2, 0) is 11.2 Å². The summed E-state index contributed by atoms with van der Waals surface area (Å²) in [4.78, 5) is 25.1. The van der Waals surface area contributed by atoms with Gasteiger partial charge < -0.3 is 4.74 Å². The topological polar surface area (TPSA) is 46.6 Å². The highest BCUT2D eigenvalue weighted by molar-refractivity contribution is 6.10. The lowest BCUT2D eigenvalue weighted by Crippen LogP contribution is -2.42. The van der Waals surface area contributed by atoms with Gasteiger partial charge in [-0.25, -0.2) is 0 Å². The number of hydrogen-bond acceptors (Lipinski definition) is 3. The van der Waals surface area contributed by atoms with Gasteiger partial charge in [-0.1, -0.05) is 12.1 Å². The van der Waals surface area contributed by atoms with Gasteiger partial charge >= 0.3 is 0 Å². The molecule has 1 aromatic rings. The van der Waals surface area contributed by atoms with Crippen molar-refractivity contribution in [2.24, 2.45) is 0 Å². The first-order chi connectivity index (χ1) is 8.19. The molecule has 0 saturated carbocycles. The van der Waals surface area contributed by atoms with Crippen LogP contribution in [0.1, 0.15) is 15.9 Å². The number of imide groups is 1. The van der Waals surface area contributed by atoms with E-state index >= 15 is 0 Å². The molecule has 88 valence electrons. The molecule has 0 spiro atoms. The molecule has 4 heteroatoms. The zero-order chi connectivity index (χ0) is 12.4. The van der Waals surface area contributed by atoms with Crippen molar-refractivity contribution in [3.8, 4) is 5.75 Å². The number of methoxy groups -OCH3 is 1. The van der Waals surface area contributed by atoms with Gasteiger partial charge in [-0.2, -0.15) is 0 Å². The zero-order valence-corrected chi connectivity index (χ0v) is 9.60. The van der Waals surface area contributed by atoms with Crippen molar-refractivity contribution in [1.82, 2.24) is 4.90 Å². The summed E-state index contributed by atoms with van der Waals surface area (Å²) in [6, 6.07) is 5.21. The second kappa shape index (κ2) is 4.41. The Balaban J connectivity index is 2.49. The number of carbonyl (C=O) groups is 2. The van der Waals surface area contributed by atoms with E-state index in [1.807, 2.05) is 0 Å². The lowest BCUT2D eigenvalue weighted by Gasteiger charge is -2.26. The predicted molar refractivity (Wildman–Crippen MR) is 62.9 cm³/mol. The number of rotatable bonds is 3. The van der Waals surface area contributed by atoms with Crippen LogP contribution < -0.4 is 4.74 Å². The molecule has 1 heterocycles. The average molecular weight is 231 g/mol. The number of benzene rings is 1. The molecule has 0 aromatic heterocycles. The summed E-state index contributed by atoms with van der Waals surface area (Å²) < 4.78 is 5.16. The van der Waals surface area contributed by atoms with E-state index in [4.69, 9.17) is 4.74 Å². The van der Waals surface area contributed by atoms with Crippen molar-refractivity contribution >= 4 is 11.8 Å². The summed E-state index contributed by atoms with van der Waals surface area (Å²) in [5.74, 6) is 0.0874. The summed E-state index contributed by atoms with van der Waals surface area (Å²) >= 11 is 0. The highest BCUT2D eigenvalue weighted by Crippen LogP contribution is 2.28.